The Balaban J connectivity index is 1.88. The van der Waals surface area contributed by atoms with Gasteiger partial charge in [0.25, 0.3) is 0 Å². The monoisotopic (exact) mass is 240 g/mol. The van der Waals surface area contributed by atoms with Crippen molar-refractivity contribution in [3.8, 4) is 0 Å². The number of nitrogens with one attached hydrogen (secondary N) is 1. The lowest BCUT2D eigenvalue weighted by Crippen LogP contribution is -2.19. The van der Waals surface area contributed by atoms with Crippen molar-refractivity contribution in [3.63, 3.8) is 0 Å². The summed E-state index contributed by atoms with van der Waals surface area (Å²) >= 11 is 0. The maximum atomic E-state index is 5.56. The first-order valence-electron chi connectivity index (χ1n) is 6.04. The van der Waals surface area contributed by atoms with E-state index in [-0.39, 0.29) is 0 Å². The number of rotatable bonds is 6. The van der Waals surface area contributed by atoms with E-state index in [1.165, 1.54) is 6.39 Å². The minimum Gasteiger partial charge on any atom is -0.448 e. The summed E-state index contributed by atoms with van der Waals surface area (Å²) in [5.74, 6) is 1.32. The summed E-state index contributed by atoms with van der Waals surface area (Å²) in [5.41, 5.74) is 0.990. The molecule has 1 aromatic heterocycles. The van der Waals surface area contributed by atoms with E-state index in [9.17, 15) is 0 Å². The summed E-state index contributed by atoms with van der Waals surface area (Å²) in [5, 5.41) is 3.28. The van der Waals surface area contributed by atoms with Gasteiger partial charge in [-0.05, 0) is 13.3 Å². The van der Waals surface area contributed by atoms with Gasteiger partial charge in [-0.25, -0.2) is 4.98 Å². The Labute approximate surface area is 102 Å². The molecule has 1 saturated heterocycles. The van der Waals surface area contributed by atoms with Crippen LogP contribution >= 0.6 is 0 Å². The second-order valence-corrected chi connectivity index (χ2v) is 4.41. The zero-order valence-electron chi connectivity index (χ0n) is 10.4. The largest absolute Gasteiger partial charge is 0.448 e. The fourth-order valence-corrected chi connectivity index (χ4v) is 2.12. The molecule has 5 nitrogen and oxygen atoms in total. The van der Waals surface area contributed by atoms with Gasteiger partial charge in [0.2, 0.25) is 0 Å². The van der Waals surface area contributed by atoms with Gasteiger partial charge in [-0.2, -0.15) is 0 Å². The van der Waals surface area contributed by atoms with Crippen LogP contribution in [-0.4, -0.2) is 38.0 Å². The fourth-order valence-electron chi connectivity index (χ4n) is 2.12. The molecule has 2 unspecified atom stereocenters. The quantitative estimate of drug-likeness (QED) is 0.760. The van der Waals surface area contributed by atoms with Crippen molar-refractivity contribution in [3.05, 3.63) is 17.8 Å². The predicted molar refractivity (Wildman–Crippen MR) is 62.9 cm³/mol. The standard InChI is InChI=1S/C12H20N2O3/c1-9-5-10(7-16-9)12-11(14-8-17-12)6-13-3-4-15-2/h8-10,13H,3-7H2,1-2H3. The highest BCUT2D eigenvalue weighted by atomic mass is 16.5. The third-order valence-electron chi connectivity index (χ3n) is 3.02. The fraction of sp³-hybridized carbons (Fsp3) is 0.750. The number of hydrogen-bond donors (Lipinski definition) is 1. The van der Waals surface area contributed by atoms with E-state index in [0.717, 1.165) is 37.6 Å². The molecule has 0 radical (unpaired) electrons. The molecule has 0 amide bonds. The normalized spacial score (nSPS) is 24.4. The smallest absolute Gasteiger partial charge is 0.181 e. The molecular formula is C12H20N2O3. The molecule has 2 rings (SSSR count). The van der Waals surface area contributed by atoms with Crippen LogP contribution < -0.4 is 5.32 Å². The molecule has 96 valence electrons. The van der Waals surface area contributed by atoms with Crippen molar-refractivity contribution in [1.82, 2.24) is 10.3 Å². The Hall–Kier alpha value is -0.910. The van der Waals surface area contributed by atoms with Crippen molar-refractivity contribution in [2.45, 2.75) is 31.9 Å². The Morgan fingerprint density at radius 1 is 1.59 bits per heavy atom. The molecule has 1 fully saturated rings. The summed E-state index contributed by atoms with van der Waals surface area (Å²) < 4.78 is 16.0. The summed E-state index contributed by atoms with van der Waals surface area (Å²) in [4.78, 5) is 4.26. The highest BCUT2D eigenvalue weighted by Gasteiger charge is 2.28. The molecule has 5 heteroatoms. The lowest BCUT2D eigenvalue weighted by molar-refractivity contribution is 0.122. The molecular weight excluding hydrogens is 220 g/mol. The lowest BCUT2D eigenvalue weighted by atomic mass is 10.0. The van der Waals surface area contributed by atoms with Gasteiger partial charge in [0, 0.05) is 26.1 Å². The topological polar surface area (TPSA) is 56.5 Å². The first kappa shape index (κ1) is 12.5. The summed E-state index contributed by atoms with van der Waals surface area (Å²) in [6.07, 6.45) is 2.85. The van der Waals surface area contributed by atoms with Crippen LogP contribution in [0.2, 0.25) is 0 Å². The molecule has 0 saturated carbocycles. The Kier molecular flexibility index (Phi) is 4.53. The van der Waals surface area contributed by atoms with Gasteiger partial charge in [-0.3, -0.25) is 0 Å². The van der Waals surface area contributed by atoms with Crippen LogP contribution in [0.5, 0.6) is 0 Å². The zero-order valence-corrected chi connectivity index (χ0v) is 10.4. The molecule has 1 aromatic rings. The SMILES string of the molecule is COCCNCc1ncoc1C1COC(C)C1. The third-order valence-corrected chi connectivity index (χ3v) is 3.02. The predicted octanol–water partition coefficient (Wildman–Crippen LogP) is 1.30. The summed E-state index contributed by atoms with van der Waals surface area (Å²) in [6, 6.07) is 0. The summed E-state index contributed by atoms with van der Waals surface area (Å²) in [6.45, 7) is 5.07. The highest BCUT2D eigenvalue weighted by molar-refractivity contribution is 5.14. The van der Waals surface area contributed by atoms with Gasteiger partial charge in [-0.1, -0.05) is 0 Å². The van der Waals surface area contributed by atoms with Gasteiger partial charge in [0.15, 0.2) is 6.39 Å². The maximum absolute atomic E-state index is 5.56. The zero-order chi connectivity index (χ0) is 12.1. The van der Waals surface area contributed by atoms with E-state index in [1.807, 2.05) is 0 Å². The molecule has 1 N–H and O–H groups in total. The first-order valence-corrected chi connectivity index (χ1v) is 6.04. The Morgan fingerprint density at radius 2 is 2.47 bits per heavy atom. The number of oxazole rings is 1. The van der Waals surface area contributed by atoms with Gasteiger partial charge in [0.1, 0.15) is 5.76 Å². The Bertz CT molecular complexity index is 340. The van der Waals surface area contributed by atoms with Crippen molar-refractivity contribution < 1.29 is 13.9 Å². The van der Waals surface area contributed by atoms with Crippen LogP contribution in [-0.2, 0) is 16.0 Å². The minimum atomic E-state index is 0.319. The number of aromatic nitrogens is 1. The number of hydrogen-bond acceptors (Lipinski definition) is 5. The van der Waals surface area contributed by atoms with Gasteiger partial charge < -0.3 is 19.2 Å². The van der Waals surface area contributed by atoms with E-state index in [4.69, 9.17) is 13.9 Å². The Morgan fingerprint density at radius 3 is 3.18 bits per heavy atom. The molecule has 0 aromatic carbocycles. The van der Waals surface area contributed by atoms with Gasteiger partial charge >= 0.3 is 0 Å². The molecule has 0 aliphatic carbocycles. The summed E-state index contributed by atoms with van der Waals surface area (Å²) in [7, 11) is 1.69. The minimum absolute atomic E-state index is 0.319. The highest BCUT2D eigenvalue weighted by Crippen LogP contribution is 2.30. The molecule has 2 heterocycles. The van der Waals surface area contributed by atoms with Gasteiger partial charge in [0.05, 0.1) is 25.0 Å². The van der Waals surface area contributed by atoms with Crippen LogP contribution in [0, 0.1) is 0 Å². The van der Waals surface area contributed by atoms with Crippen molar-refractivity contribution in [2.24, 2.45) is 0 Å². The van der Waals surface area contributed by atoms with Gasteiger partial charge in [-0.15, -0.1) is 0 Å². The molecule has 17 heavy (non-hydrogen) atoms. The lowest BCUT2D eigenvalue weighted by Gasteiger charge is -2.07. The van der Waals surface area contributed by atoms with E-state index >= 15 is 0 Å². The second kappa shape index (κ2) is 6.14. The third kappa shape index (κ3) is 3.28. The molecule has 0 spiro atoms. The van der Waals surface area contributed by atoms with E-state index in [2.05, 4.69) is 17.2 Å². The first-order chi connectivity index (χ1) is 8.31. The van der Waals surface area contributed by atoms with Crippen LogP contribution in [0.4, 0.5) is 0 Å². The molecule has 1 aliphatic rings. The van der Waals surface area contributed by atoms with Crippen LogP contribution in [0.3, 0.4) is 0 Å². The van der Waals surface area contributed by atoms with E-state index in [0.29, 0.717) is 18.6 Å². The van der Waals surface area contributed by atoms with E-state index < -0.39 is 0 Å². The number of methoxy groups -OCH3 is 1. The van der Waals surface area contributed by atoms with Crippen LogP contribution in [0.15, 0.2) is 10.8 Å². The van der Waals surface area contributed by atoms with Crippen LogP contribution in [0.25, 0.3) is 0 Å². The molecule has 0 bridgehead atoms. The average molecular weight is 240 g/mol. The van der Waals surface area contributed by atoms with Crippen LogP contribution in [0.1, 0.15) is 30.7 Å². The van der Waals surface area contributed by atoms with E-state index in [1.54, 1.807) is 7.11 Å². The molecule has 2 atom stereocenters. The maximum Gasteiger partial charge on any atom is 0.181 e. The number of nitrogens with zero attached hydrogens (tertiary/aromatic N) is 1. The second-order valence-electron chi connectivity index (χ2n) is 4.41. The number of ether oxygens (including phenoxy) is 2. The average Bonchev–Trinajstić information content (AvgIpc) is 2.93. The van der Waals surface area contributed by atoms with Crippen molar-refractivity contribution >= 4 is 0 Å². The van der Waals surface area contributed by atoms with Crippen molar-refractivity contribution in [2.75, 3.05) is 26.9 Å². The van der Waals surface area contributed by atoms with Crippen molar-refractivity contribution in [1.29, 1.82) is 0 Å². The molecule has 1 aliphatic heterocycles.